The van der Waals surface area contributed by atoms with Crippen LogP contribution in [0.15, 0.2) is 53.4 Å². The van der Waals surface area contributed by atoms with Gasteiger partial charge in [0.15, 0.2) is 11.1 Å². The summed E-state index contributed by atoms with van der Waals surface area (Å²) in [5.74, 6) is -0.711. The molecule has 0 fully saturated rings. The molecule has 4 nitrogen and oxygen atoms in total. The third-order valence-corrected chi connectivity index (χ3v) is 3.66. The first-order valence-electron chi connectivity index (χ1n) is 6.30. The lowest BCUT2D eigenvalue weighted by Gasteiger charge is -2.08. The van der Waals surface area contributed by atoms with Gasteiger partial charge in [0.05, 0.1) is 10.5 Å². The molecule has 0 saturated carbocycles. The predicted octanol–water partition coefficient (Wildman–Crippen LogP) is 2.38. The summed E-state index contributed by atoms with van der Waals surface area (Å²) in [5.41, 5.74) is 1.08. The van der Waals surface area contributed by atoms with E-state index in [1.54, 1.807) is 24.3 Å². The van der Waals surface area contributed by atoms with Gasteiger partial charge >= 0.3 is 0 Å². The van der Waals surface area contributed by atoms with E-state index in [2.05, 4.69) is 5.32 Å². The van der Waals surface area contributed by atoms with Crippen LogP contribution < -0.4 is 5.32 Å². The number of carbonyl (C=O) groups is 1. The third kappa shape index (κ3) is 4.21. The highest BCUT2D eigenvalue weighted by Gasteiger charge is 2.13. The smallest absolute Gasteiger partial charge is 0.252 e. The van der Waals surface area contributed by atoms with Gasteiger partial charge < -0.3 is 9.87 Å². The number of halogens is 1. The molecule has 0 aliphatic heterocycles. The molecule has 2 aromatic carbocycles. The van der Waals surface area contributed by atoms with Gasteiger partial charge in [-0.2, -0.15) is 0 Å². The number of benzene rings is 2. The van der Waals surface area contributed by atoms with Gasteiger partial charge in [0, 0.05) is 6.54 Å². The summed E-state index contributed by atoms with van der Waals surface area (Å²) < 4.78 is 33.0. The fourth-order valence-electron chi connectivity index (χ4n) is 1.87. The molecule has 0 radical (unpaired) electrons. The Morgan fingerprint density at radius 1 is 1.14 bits per heavy atom. The van der Waals surface area contributed by atoms with Crippen molar-refractivity contribution >= 4 is 17.0 Å². The molecule has 2 rings (SSSR count). The van der Waals surface area contributed by atoms with Gasteiger partial charge in [0.1, 0.15) is 5.82 Å². The fraction of sp³-hybridized carbons (Fsp3) is 0.133. The minimum Gasteiger partial charge on any atom is -0.352 e. The van der Waals surface area contributed by atoms with Crippen molar-refractivity contribution < 1.29 is 17.9 Å². The summed E-state index contributed by atoms with van der Waals surface area (Å²) >= 11 is -2.21. The second-order valence-electron chi connectivity index (χ2n) is 4.38. The summed E-state index contributed by atoms with van der Waals surface area (Å²) in [6.45, 7) is 0.358. The zero-order valence-corrected chi connectivity index (χ0v) is 11.9. The SMILES string of the molecule is O=C(NCCc1ccc(F)cc1)c1ccccc1S(=O)O. The summed E-state index contributed by atoms with van der Waals surface area (Å²) in [6.07, 6.45) is 0.552. The van der Waals surface area contributed by atoms with Gasteiger partial charge in [-0.3, -0.25) is 4.79 Å². The lowest BCUT2D eigenvalue weighted by Crippen LogP contribution is -2.26. The number of hydrogen-bond donors (Lipinski definition) is 2. The molecule has 1 unspecified atom stereocenters. The second-order valence-corrected chi connectivity index (χ2v) is 5.32. The van der Waals surface area contributed by atoms with Gasteiger partial charge in [0.25, 0.3) is 5.91 Å². The predicted molar refractivity (Wildman–Crippen MR) is 77.9 cm³/mol. The molecular weight excluding hydrogens is 293 g/mol. The number of carbonyl (C=O) groups excluding carboxylic acids is 1. The molecule has 0 saturated heterocycles. The highest BCUT2D eigenvalue weighted by Crippen LogP contribution is 2.12. The molecule has 2 N–H and O–H groups in total. The van der Waals surface area contributed by atoms with Crippen LogP contribution in [0.5, 0.6) is 0 Å². The Kier molecular flexibility index (Phi) is 5.19. The summed E-state index contributed by atoms with van der Waals surface area (Å²) in [4.78, 5) is 12.1. The van der Waals surface area contributed by atoms with Crippen LogP contribution in [-0.2, 0) is 17.5 Å². The van der Waals surface area contributed by atoms with Gasteiger partial charge in [-0.25, -0.2) is 8.60 Å². The molecule has 6 heteroatoms. The average molecular weight is 307 g/mol. The number of amides is 1. The molecule has 0 aliphatic carbocycles. The van der Waals surface area contributed by atoms with Crippen LogP contribution in [0.3, 0.4) is 0 Å². The van der Waals surface area contributed by atoms with Gasteiger partial charge in [0.2, 0.25) is 0 Å². The van der Waals surface area contributed by atoms with E-state index in [1.165, 1.54) is 24.3 Å². The van der Waals surface area contributed by atoms with E-state index in [0.29, 0.717) is 13.0 Å². The summed E-state index contributed by atoms with van der Waals surface area (Å²) in [7, 11) is 0. The van der Waals surface area contributed by atoms with Crippen molar-refractivity contribution in [3.8, 4) is 0 Å². The Bertz CT molecular complexity index is 658. The van der Waals surface area contributed by atoms with Crippen molar-refractivity contribution in [2.75, 3.05) is 6.54 Å². The third-order valence-electron chi connectivity index (χ3n) is 2.93. The average Bonchev–Trinajstić information content (AvgIpc) is 2.49. The highest BCUT2D eigenvalue weighted by molar-refractivity contribution is 7.79. The lowest BCUT2D eigenvalue weighted by molar-refractivity contribution is 0.0951. The van der Waals surface area contributed by atoms with E-state index in [1.807, 2.05) is 0 Å². The van der Waals surface area contributed by atoms with Crippen molar-refractivity contribution in [2.24, 2.45) is 0 Å². The number of nitrogens with one attached hydrogen (secondary N) is 1. The molecule has 0 aliphatic rings. The summed E-state index contributed by atoms with van der Waals surface area (Å²) in [5, 5.41) is 2.68. The molecule has 1 atom stereocenters. The minimum absolute atomic E-state index is 0.0804. The number of rotatable bonds is 5. The first kappa shape index (κ1) is 15.3. The van der Waals surface area contributed by atoms with Crippen molar-refractivity contribution in [1.29, 1.82) is 0 Å². The standard InChI is InChI=1S/C15H14FNO3S/c16-12-7-5-11(6-8-12)9-10-17-15(18)13-3-1-2-4-14(13)21(19)20/h1-8H,9-10H2,(H,17,18)(H,19,20). The van der Waals surface area contributed by atoms with Crippen LogP contribution in [0.25, 0.3) is 0 Å². The van der Waals surface area contributed by atoms with Crippen molar-refractivity contribution in [2.45, 2.75) is 11.3 Å². The molecular formula is C15H14FNO3S. The Morgan fingerprint density at radius 3 is 2.48 bits per heavy atom. The van der Waals surface area contributed by atoms with Crippen molar-refractivity contribution in [3.63, 3.8) is 0 Å². The molecule has 110 valence electrons. The maximum absolute atomic E-state index is 12.8. The Labute approximate surface area is 124 Å². The minimum atomic E-state index is -2.21. The van der Waals surface area contributed by atoms with E-state index in [0.717, 1.165) is 5.56 Å². The van der Waals surface area contributed by atoms with Crippen LogP contribution in [0.4, 0.5) is 4.39 Å². The van der Waals surface area contributed by atoms with Crippen LogP contribution in [0.1, 0.15) is 15.9 Å². The Morgan fingerprint density at radius 2 is 1.81 bits per heavy atom. The quantitative estimate of drug-likeness (QED) is 0.834. The first-order valence-corrected chi connectivity index (χ1v) is 7.41. The molecule has 0 aromatic heterocycles. The van der Waals surface area contributed by atoms with E-state index >= 15 is 0 Å². The Hall–Kier alpha value is -2.05. The molecule has 0 heterocycles. The second kappa shape index (κ2) is 7.10. The molecule has 0 bridgehead atoms. The molecule has 21 heavy (non-hydrogen) atoms. The van der Waals surface area contributed by atoms with E-state index in [-0.39, 0.29) is 16.3 Å². The van der Waals surface area contributed by atoms with Gasteiger partial charge in [-0.05, 0) is 36.2 Å². The fourth-order valence-corrected chi connectivity index (χ4v) is 2.42. The van der Waals surface area contributed by atoms with Crippen molar-refractivity contribution in [3.05, 3.63) is 65.5 Å². The van der Waals surface area contributed by atoms with E-state index in [9.17, 15) is 13.4 Å². The highest BCUT2D eigenvalue weighted by atomic mass is 32.2. The Balaban J connectivity index is 1.96. The molecule has 2 aromatic rings. The van der Waals surface area contributed by atoms with Gasteiger partial charge in [-0.1, -0.05) is 24.3 Å². The largest absolute Gasteiger partial charge is 0.352 e. The summed E-state index contributed by atoms with van der Waals surface area (Å²) in [6, 6.07) is 12.2. The van der Waals surface area contributed by atoms with Crippen molar-refractivity contribution in [1.82, 2.24) is 5.32 Å². The molecule has 0 spiro atoms. The monoisotopic (exact) mass is 307 g/mol. The lowest BCUT2D eigenvalue weighted by atomic mass is 10.1. The molecule has 1 amide bonds. The van der Waals surface area contributed by atoms with E-state index in [4.69, 9.17) is 4.55 Å². The van der Waals surface area contributed by atoms with Crippen LogP contribution in [-0.4, -0.2) is 21.2 Å². The zero-order chi connectivity index (χ0) is 15.2. The van der Waals surface area contributed by atoms with Gasteiger partial charge in [-0.15, -0.1) is 0 Å². The van der Waals surface area contributed by atoms with Crippen LogP contribution in [0.2, 0.25) is 0 Å². The zero-order valence-electron chi connectivity index (χ0n) is 11.1. The van der Waals surface area contributed by atoms with Crippen LogP contribution in [0, 0.1) is 5.82 Å². The maximum Gasteiger partial charge on any atom is 0.252 e. The van der Waals surface area contributed by atoms with Crippen LogP contribution >= 0.6 is 0 Å². The first-order chi connectivity index (χ1) is 10.1. The van der Waals surface area contributed by atoms with E-state index < -0.39 is 17.0 Å². The normalized spacial score (nSPS) is 11.9. The number of hydrogen-bond acceptors (Lipinski definition) is 2. The maximum atomic E-state index is 12.8. The topological polar surface area (TPSA) is 66.4 Å².